The minimum atomic E-state index is -0.601. The smallest absolute Gasteiger partial charge is 0.311 e. The molecule has 0 aromatic carbocycles. The maximum absolute atomic E-state index is 12.7. The quantitative estimate of drug-likeness (QED) is 0.667. The number of pyridine rings is 1. The van der Waals surface area contributed by atoms with Crippen molar-refractivity contribution in [2.24, 2.45) is 11.8 Å². The highest BCUT2D eigenvalue weighted by Gasteiger charge is 2.58. The molecule has 1 atom stereocenters. The zero-order valence-corrected chi connectivity index (χ0v) is 17.1. The number of carbonyl (C=O) groups excluding carboxylic acids is 2. The number of nitrogens with zero attached hydrogens (tertiary/aromatic N) is 3. The van der Waals surface area contributed by atoms with Gasteiger partial charge in [0, 0.05) is 38.4 Å². The molecule has 3 rings (SSSR count). The normalized spacial score (nSPS) is 22.2. The van der Waals surface area contributed by atoms with E-state index in [2.05, 4.69) is 23.7 Å². The Hall–Kier alpha value is -1.99. The molecule has 0 bridgehead atoms. The summed E-state index contributed by atoms with van der Waals surface area (Å²) in [5.74, 6) is -0.396. The topological polar surface area (TPSA) is 72.0 Å². The molecule has 0 aliphatic carbocycles. The van der Waals surface area contributed by atoms with E-state index < -0.39 is 11.5 Å². The second-order valence-corrected chi connectivity index (χ2v) is 8.22. The number of aromatic nitrogens is 1. The molecule has 2 fully saturated rings. The summed E-state index contributed by atoms with van der Waals surface area (Å²) in [6.45, 7) is 7.17. The molecule has 3 heterocycles. The largest absolute Gasteiger partial charge is 0.469 e. The molecule has 1 amide bonds. The van der Waals surface area contributed by atoms with Crippen molar-refractivity contribution in [1.29, 1.82) is 0 Å². The molecular weight excluding hydrogens is 358 g/mol. The van der Waals surface area contributed by atoms with Crippen LogP contribution in [0.4, 0.5) is 0 Å². The fourth-order valence-electron chi connectivity index (χ4n) is 4.26. The number of carbonyl (C=O) groups is 2. The van der Waals surface area contributed by atoms with Crippen LogP contribution < -0.4 is 0 Å². The summed E-state index contributed by atoms with van der Waals surface area (Å²) in [7, 11) is 1.39. The van der Waals surface area contributed by atoms with E-state index in [0.29, 0.717) is 25.4 Å². The minimum absolute atomic E-state index is 0.110. The van der Waals surface area contributed by atoms with Crippen LogP contribution in [0.15, 0.2) is 24.5 Å². The van der Waals surface area contributed by atoms with Crippen molar-refractivity contribution in [3.63, 3.8) is 0 Å². The number of hydrogen-bond donors (Lipinski definition) is 0. The second kappa shape index (κ2) is 9.01. The molecule has 7 nitrogen and oxygen atoms in total. The summed E-state index contributed by atoms with van der Waals surface area (Å²) in [5, 5.41) is 1.53. The zero-order valence-electron chi connectivity index (χ0n) is 17.1. The molecule has 0 saturated carbocycles. The van der Waals surface area contributed by atoms with Gasteiger partial charge in [0.05, 0.1) is 25.2 Å². The van der Waals surface area contributed by atoms with Gasteiger partial charge in [-0.05, 0) is 42.9 Å². The zero-order chi connectivity index (χ0) is 20.1. The first kappa shape index (κ1) is 20.7. The summed E-state index contributed by atoms with van der Waals surface area (Å²) in [4.78, 5) is 37.5. The van der Waals surface area contributed by atoms with Crippen LogP contribution in [0.3, 0.4) is 0 Å². The molecule has 0 radical (unpaired) electrons. The number of hydroxylamine groups is 2. The van der Waals surface area contributed by atoms with Gasteiger partial charge in [-0.15, -0.1) is 0 Å². The summed E-state index contributed by atoms with van der Waals surface area (Å²) in [6.07, 6.45) is 6.04. The monoisotopic (exact) mass is 389 g/mol. The SMILES string of the molecule is COC(=O)C1CC(=O)N(OCCC(C)C)C12CCN(Cc1ccncc1)CC2. The molecular formula is C21H31N3O4. The summed E-state index contributed by atoms with van der Waals surface area (Å²) in [6, 6.07) is 4.03. The van der Waals surface area contributed by atoms with Crippen LogP contribution in [-0.4, -0.2) is 59.2 Å². The van der Waals surface area contributed by atoms with Crippen molar-refractivity contribution in [3.8, 4) is 0 Å². The molecule has 1 aromatic heterocycles. The van der Waals surface area contributed by atoms with Gasteiger partial charge >= 0.3 is 5.97 Å². The molecule has 2 aliphatic heterocycles. The molecule has 2 saturated heterocycles. The van der Waals surface area contributed by atoms with Crippen LogP contribution in [0.25, 0.3) is 0 Å². The van der Waals surface area contributed by atoms with Crippen LogP contribution in [-0.2, 0) is 25.7 Å². The molecule has 1 aromatic rings. The summed E-state index contributed by atoms with van der Waals surface area (Å²) >= 11 is 0. The van der Waals surface area contributed by atoms with Crippen LogP contribution in [0, 0.1) is 11.8 Å². The number of esters is 1. The number of amides is 1. The number of likely N-dealkylation sites (tertiary alicyclic amines) is 1. The van der Waals surface area contributed by atoms with Gasteiger partial charge in [0.1, 0.15) is 0 Å². The van der Waals surface area contributed by atoms with Gasteiger partial charge in [0.15, 0.2) is 0 Å². The average molecular weight is 389 g/mol. The van der Waals surface area contributed by atoms with Gasteiger partial charge in [-0.3, -0.25) is 24.3 Å². The third kappa shape index (κ3) is 4.36. The van der Waals surface area contributed by atoms with Crippen LogP contribution >= 0.6 is 0 Å². The molecule has 7 heteroatoms. The minimum Gasteiger partial charge on any atom is -0.469 e. The lowest BCUT2D eigenvalue weighted by molar-refractivity contribution is -0.224. The Bertz CT molecular complexity index is 671. The first-order valence-electron chi connectivity index (χ1n) is 10.1. The highest BCUT2D eigenvalue weighted by molar-refractivity contribution is 5.88. The van der Waals surface area contributed by atoms with E-state index in [1.54, 1.807) is 12.4 Å². The maximum atomic E-state index is 12.7. The van der Waals surface area contributed by atoms with E-state index in [-0.39, 0.29) is 18.3 Å². The predicted octanol–water partition coefficient (Wildman–Crippen LogP) is 2.42. The standard InChI is InChI=1S/C21H31N3O4/c1-16(2)6-13-28-24-19(25)14-18(20(26)27-3)21(24)7-11-23(12-8-21)15-17-4-9-22-10-5-17/h4-5,9-10,16,18H,6-8,11-15H2,1-3H3. The summed E-state index contributed by atoms with van der Waals surface area (Å²) < 4.78 is 5.03. The maximum Gasteiger partial charge on any atom is 0.311 e. The molecule has 0 N–H and O–H groups in total. The Labute approximate surface area is 167 Å². The number of hydrogen-bond acceptors (Lipinski definition) is 6. The lowest BCUT2D eigenvalue weighted by Gasteiger charge is -2.45. The molecule has 1 unspecified atom stereocenters. The van der Waals surface area contributed by atoms with Gasteiger partial charge in [0.25, 0.3) is 0 Å². The third-order valence-corrected chi connectivity index (χ3v) is 5.94. The Balaban J connectivity index is 1.72. The van der Waals surface area contributed by atoms with Gasteiger partial charge in [0.2, 0.25) is 5.91 Å². The lowest BCUT2D eigenvalue weighted by Crippen LogP contribution is -2.57. The van der Waals surface area contributed by atoms with E-state index in [1.165, 1.54) is 17.7 Å². The summed E-state index contributed by atoms with van der Waals surface area (Å²) in [5.41, 5.74) is 0.610. The number of methoxy groups -OCH3 is 1. The van der Waals surface area contributed by atoms with E-state index in [0.717, 1.165) is 26.1 Å². The predicted molar refractivity (Wildman–Crippen MR) is 104 cm³/mol. The number of ether oxygens (including phenoxy) is 1. The lowest BCUT2D eigenvalue weighted by atomic mass is 9.77. The highest BCUT2D eigenvalue weighted by Crippen LogP contribution is 2.44. The van der Waals surface area contributed by atoms with Gasteiger partial charge in [-0.1, -0.05) is 13.8 Å². The van der Waals surface area contributed by atoms with Crippen molar-refractivity contribution in [3.05, 3.63) is 30.1 Å². The van der Waals surface area contributed by atoms with Crippen LogP contribution in [0.2, 0.25) is 0 Å². The van der Waals surface area contributed by atoms with Crippen molar-refractivity contribution in [2.75, 3.05) is 26.8 Å². The van der Waals surface area contributed by atoms with Gasteiger partial charge in [-0.25, -0.2) is 5.06 Å². The fraction of sp³-hybridized carbons (Fsp3) is 0.667. The van der Waals surface area contributed by atoms with E-state index in [9.17, 15) is 9.59 Å². The Morgan fingerprint density at radius 3 is 2.57 bits per heavy atom. The fourth-order valence-corrected chi connectivity index (χ4v) is 4.26. The van der Waals surface area contributed by atoms with Gasteiger partial charge < -0.3 is 4.74 Å². The number of piperidine rings is 1. The highest BCUT2D eigenvalue weighted by atomic mass is 16.7. The van der Waals surface area contributed by atoms with E-state index in [1.807, 2.05) is 12.1 Å². The van der Waals surface area contributed by atoms with Crippen LogP contribution in [0.5, 0.6) is 0 Å². The van der Waals surface area contributed by atoms with Crippen molar-refractivity contribution >= 4 is 11.9 Å². The Kier molecular flexibility index (Phi) is 6.67. The average Bonchev–Trinajstić information content (AvgIpc) is 2.96. The van der Waals surface area contributed by atoms with Crippen molar-refractivity contribution in [2.45, 2.75) is 51.6 Å². The Morgan fingerprint density at radius 2 is 1.96 bits per heavy atom. The van der Waals surface area contributed by atoms with Crippen molar-refractivity contribution in [1.82, 2.24) is 14.9 Å². The van der Waals surface area contributed by atoms with Crippen molar-refractivity contribution < 1.29 is 19.2 Å². The molecule has 2 aliphatic rings. The molecule has 28 heavy (non-hydrogen) atoms. The van der Waals surface area contributed by atoms with E-state index in [4.69, 9.17) is 9.57 Å². The number of rotatable bonds is 7. The third-order valence-electron chi connectivity index (χ3n) is 5.94. The molecule has 1 spiro atoms. The Morgan fingerprint density at radius 1 is 1.29 bits per heavy atom. The van der Waals surface area contributed by atoms with Crippen LogP contribution in [0.1, 0.15) is 45.1 Å². The van der Waals surface area contributed by atoms with E-state index >= 15 is 0 Å². The first-order chi connectivity index (χ1) is 13.5. The van der Waals surface area contributed by atoms with Gasteiger partial charge in [-0.2, -0.15) is 0 Å². The second-order valence-electron chi connectivity index (χ2n) is 8.22. The first-order valence-corrected chi connectivity index (χ1v) is 10.1. The molecule has 154 valence electrons.